The van der Waals surface area contributed by atoms with Crippen molar-refractivity contribution in [1.82, 2.24) is 15.2 Å². The molecule has 0 radical (unpaired) electrons. The molecule has 1 spiro atoms. The highest BCUT2D eigenvalue weighted by Gasteiger charge is 2.40. The van der Waals surface area contributed by atoms with E-state index < -0.39 is 0 Å². The van der Waals surface area contributed by atoms with Crippen LogP contribution in [0.2, 0.25) is 0 Å². The number of ether oxygens (including phenoxy) is 2. The van der Waals surface area contributed by atoms with Crippen LogP contribution in [-0.2, 0) is 13.2 Å². The van der Waals surface area contributed by atoms with E-state index in [1.165, 1.54) is 44.6 Å². The first kappa shape index (κ1) is 17.3. The van der Waals surface area contributed by atoms with Crippen molar-refractivity contribution in [3.05, 3.63) is 53.9 Å². The molecule has 2 aromatic rings. The second-order valence-corrected chi connectivity index (χ2v) is 7.52. The van der Waals surface area contributed by atoms with Crippen LogP contribution in [-0.4, -0.2) is 43.2 Å². The van der Waals surface area contributed by atoms with Crippen molar-refractivity contribution in [2.24, 2.45) is 5.41 Å². The molecule has 138 valence electrons. The maximum Gasteiger partial charge on any atom is 0.161 e. The molecule has 1 aromatic carbocycles. The highest BCUT2D eigenvalue weighted by atomic mass is 16.5. The summed E-state index contributed by atoms with van der Waals surface area (Å²) in [4.78, 5) is 6.60. The summed E-state index contributed by atoms with van der Waals surface area (Å²) >= 11 is 0. The third-order valence-electron chi connectivity index (χ3n) is 5.63. The van der Waals surface area contributed by atoms with E-state index in [2.05, 4.69) is 27.3 Å². The minimum absolute atomic E-state index is 0.512. The second kappa shape index (κ2) is 7.64. The molecule has 5 heteroatoms. The molecule has 4 rings (SSSR count). The molecule has 3 heterocycles. The van der Waals surface area contributed by atoms with Crippen LogP contribution in [0, 0.1) is 5.41 Å². The summed E-state index contributed by atoms with van der Waals surface area (Å²) in [6, 6.07) is 10.2. The maximum absolute atomic E-state index is 5.94. The van der Waals surface area contributed by atoms with Gasteiger partial charge in [0.25, 0.3) is 0 Å². The molecule has 2 aliphatic heterocycles. The van der Waals surface area contributed by atoms with Crippen molar-refractivity contribution in [3.8, 4) is 11.5 Å². The first-order valence-corrected chi connectivity index (χ1v) is 9.38. The third-order valence-corrected chi connectivity index (χ3v) is 5.63. The van der Waals surface area contributed by atoms with E-state index in [-0.39, 0.29) is 0 Å². The van der Waals surface area contributed by atoms with Crippen LogP contribution in [0.3, 0.4) is 0 Å². The first-order chi connectivity index (χ1) is 12.8. The minimum Gasteiger partial charge on any atom is -0.493 e. The number of methoxy groups -OCH3 is 1. The molecule has 1 aromatic heterocycles. The van der Waals surface area contributed by atoms with Gasteiger partial charge < -0.3 is 14.8 Å². The van der Waals surface area contributed by atoms with Crippen molar-refractivity contribution < 1.29 is 9.47 Å². The van der Waals surface area contributed by atoms with E-state index in [0.717, 1.165) is 23.6 Å². The summed E-state index contributed by atoms with van der Waals surface area (Å²) in [5, 5.41) is 3.53. The zero-order valence-electron chi connectivity index (χ0n) is 15.4. The van der Waals surface area contributed by atoms with Crippen LogP contribution < -0.4 is 14.8 Å². The molecular weight excluding hydrogens is 326 g/mol. The van der Waals surface area contributed by atoms with E-state index >= 15 is 0 Å². The highest BCUT2D eigenvalue weighted by Crippen LogP contribution is 2.37. The lowest BCUT2D eigenvalue weighted by Crippen LogP contribution is -2.28. The van der Waals surface area contributed by atoms with E-state index in [9.17, 15) is 0 Å². The molecular formula is C21H27N3O2. The van der Waals surface area contributed by atoms with Gasteiger partial charge in [-0.2, -0.15) is 0 Å². The smallest absolute Gasteiger partial charge is 0.161 e. The van der Waals surface area contributed by atoms with E-state index in [1.54, 1.807) is 19.5 Å². The number of hydrogen-bond donors (Lipinski definition) is 1. The van der Waals surface area contributed by atoms with Crippen molar-refractivity contribution in [2.45, 2.75) is 26.0 Å². The molecule has 0 bridgehead atoms. The van der Waals surface area contributed by atoms with Gasteiger partial charge in [-0.05, 0) is 66.7 Å². The zero-order valence-corrected chi connectivity index (χ0v) is 15.4. The fraction of sp³-hybridized carbons (Fsp3) is 0.476. The van der Waals surface area contributed by atoms with E-state index in [0.29, 0.717) is 12.0 Å². The highest BCUT2D eigenvalue weighted by molar-refractivity contribution is 5.43. The summed E-state index contributed by atoms with van der Waals surface area (Å²) in [5.41, 5.74) is 2.89. The lowest BCUT2D eigenvalue weighted by atomic mass is 9.86. The van der Waals surface area contributed by atoms with Crippen LogP contribution >= 0.6 is 0 Å². The molecule has 0 aliphatic carbocycles. The Kier molecular flexibility index (Phi) is 5.09. The van der Waals surface area contributed by atoms with Crippen molar-refractivity contribution >= 4 is 0 Å². The topological polar surface area (TPSA) is 46.6 Å². The summed E-state index contributed by atoms with van der Waals surface area (Å²) in [5.74, 6) is 1.58. The largest absolute Gasteiger partial charge is 0.493 e. The Morgan fingerprint density at radius 2 is 2.00 bits per heavy atom. The van der Waals surface area contributed by atoms with Gasteiger partial charge in [0.2, 0.25) is 0 Å². The Labute approximate surface area is 155 Å². The van der Waals surface area contributed by atoms with Gasteiger partial charge in [-0.25, -0.2) is 0 Å². The van der Waals surface area contributed by atoms with Crippen molar-refractivity contribution in [2.75, 3.05) is 33.3 Å². The summed E-state index contributed by atoms with van der Waals surface area (Å²) in [6.45, 7) is 6.22. The van der Waals surface area contributed by atoms with E-state index in [1.807, 2.05) is 18.2 Å². The van der Waals surface area contributed by atoms with Gasteiger partial charge in [0.1, 0.15) is 6.61 Å². The minimum atomic E-state index is 0.512. The number of nitrogens with zero attached hydrogens (tertiary/aromatic N) is 2. The number of hydrogen-bond acceptors (Lipinski definition) is 5. The van der Waals surface area contributed by atoms with Crippen LogP contribution in [0.25, 0.3) is 0 Å². The Bertz CT molecular complexity index is 729. The summed E-state index contributed by atoms with van der Waals surface area (Å²) < 4.78 is 11.5. The molecule has 2 saturated heterocycles. The van der Waals surface area contributed by atoms with E-state index in [4.69, 9.17) is 9.47 Å². The number of rotatable bonds is 6. The summed E-state index contributed by atoms with van der Waals surface area (Å²) in [7, 11) is 1.70. The molecule has 0 amide bonds. The van der Waals surface area contributed by atoms with Gasteiger partial charge in [0, 0.05) is 32.0 Å². The predicted octanol–water partition coefficient (Wildman–Crippen LogP) is 2.85. The first-order valence-electron chi connectivity index (χ1n) is 9.38. The molecule has 1 N–H and O–H groups in total. The Balaban J connectivity index is 1.39. The Morgan fingerprint density at radius 1 is 1.12 bits per heavy atom. The molecule has 2 aliphatic rings. The average Bonchev–Trinajstić information content (AvgIpc) is 3.31. The average molecular weight is 353 g/mol. The normalized spacial score (nSPS) is 22.8. The molecule has 1 atom stereocenters. The number of benzene rings is 1. The standard InChI is InChI=1S/C21H27N3O2/c1-25-20-12-18(13-24-11-7-21(16-24)6-10-23-15-21)2-3-19(20)26-14-17-4-8-22-9-5-17/h2-5,8-9,12,23H,6-7,10-11,13-16H2,1H3. The van der Waals surface area contributed by atoms with Crippen molar-refractivity contribution in [1.29, 1.82) is 0 Å². The predicted molar refractivity (Wildman–Crippen MR) is 101 cm³/mol. The lowest BCUT2D eigenvalue weighted by molar-refractivity contribution is 0.266. The fourth-order valence-corrected chi connectivity index (χ4v) is 4.13. The quantitative estimate of drug-likeness (QED) is 0.865. The van der Waals surface area contributed by atoms with Gasteiger partial charge in [0.15, 0.2) is 11.5 Å². The Hall–Kier alpha value is -2.11. The molecule has 1 unspecified atom stereocenters. The maximum atomic E-state index is 5.94. The van der Waals surface area contributed by atoms with Crippen LogP contribution in [0.4, 0.5) is 0 Å². The van der Waals surface area contributed by atoms with Crippen LogP contribution in [0.1, 0.15) is 24.0 Å². The molecule has 26 heavy (non-hydrogen) atoms. The SMILES string of the molecule is COc1cc(CN2CCC3(CCNC3)C2)ccc1OCc1ccncc1. The monoisotopic (exact) mass is 353 g/mol. The van der Waals surface area contributed by atoms with Gasteiger partial charge in [-0.15, -0.1) is 0 Å². The van der Waals surface area contributed by atoms with Gasteiger partial charge in [0.05, 0.1) is 7.11 Å². The number of aromatic nitrogens is 1. The number of likely N-dealkylation sites (tertiary alicyclic amines) is 1. The van der Waals surface area contributed by atoms with Gasteiger partial charge in [-0.3, -0.25) is 9.88 Å². The van der Waals surface area contributed by atoms with Crippen molar-refractivity contribution in [3.63, 3.8) is 0 Å². The zero-order chi connectivity index (χ0) is 17.8. The number of pyridine rings is 1. The molecule has 0 saturated carbocycles. The molecule has 5 nitrogen and oxygen atoms in total. The van der Waals surface area contributed by atoms with Crippen LogP contribution in [0.5, 0.6) is 11.5 Å². The van der Waals surface area contributed by atoms with Gasteiger partial charge >= 0.3 is 0 Å². The fourth-order valence-electron chi connectivity index (χ4n) is 4.13. The van der Waals surface area contributed by atoms with Gasteiger partial charge in [-0.1, -0.05) is 6.07 Å². The third kappa shape index (κ3) is 3.84. The van der Waals surface area contributed by atoms with Crippen LogP contribution in [0.15, 0.2) is 42.7 Å². The summed E-state index contributed by atoms with van der Waals surface area (Å²) in [6.07, 6.45) is 6.18. The number of nitrogens with one attached hydrogen (secondary N) is 1. The second-order valence-electron chi connectivity index (χ2n) is 7.52. The molecule has 2 fully saturated rings. The Morgan fingerprint density at radius 3 is 2.77 bits per heavy atom. The lowest BCUT2D eigenvalue weighted by Gasteiger charge is -2.23.